The van der Waals surface area contributed by atoms with Gasteiger partial charge in [0.25, 0.3) is 0 Å². The molecule has 0 amide bonds. The van der Waals surface area contributed by atoms with E-state index in [4.69, 9.17) is 0 Å². The summed E-state index contributed by atoms with van der Waals surface area (Å²) < 4.78 is 33.7. The molecule has 0 radical (unpaired) electrons. The molecule has 7 nitrogen and oxygen atoms in total. The van der Waals surface area contributed by atoms with Crippen molar-refractivity contribution in [3.63, 3.8) is 0 Å². The summed E-state index contributed by atoms with van der Waals surface area (Å²) in [5.74, 6) is 1.20. The molecule has 0 aliphatic carbocycles. The third-order valence-corrected chi connectivity index (χ3v) is 5.90. The molecule has 0 saturated heterocycles. The van der Waals surface area contributed by atoms with E-state index in [1.54, 1.807) is 40.8 Å². The van der Waals surface area contributed by atoms with E-state index in [1.165, 1.54) is 18.2 Å². The molecule has 0 fully saturated rings. The van der Waals surface area contributed by atoms with E-state index in [9.17, 15) is 8.78 Å². The summed E-state index contributed by atoms with van der Waals surface area (Å²) in [5, 5.41) is 7.69. The second-order valence-corrected chi connectivity index (χ2v) is 8.10. The number of fused-ring (bicyclic) bond motifs is 1. The van der Waals surface area contributed by atoms with Crippen LogP contribution in [0.1, 0.15) is 43.8 Å². The van der Waals surface area contributed by atoms with Crippen molar-refractivity contribution >= 4 is 11.6 Å². The van der Waals surface area contributed by atoms with Gasteiger partial charge in [-0.3, -0.25) is 0 Å². The molecule has 9 heteroatoms. The Kier molecular flexibility index (Phi) is 6.48. The Morgan fingerprint density at radius 3 is 2.82 bits per heavy atom. The quantitative estimate of drug-likeness (QED) is 0.434. The van der Waals surface area contributed by atoms with E-state index in [2.05, 4.69) is 27.0 Å². The number of aryl methyl sites for hydroxylation is 2. The lowest BCUT2D eigenvalue weighted by Crippen LogP contribution is -2.40. The molecule has 4 rings (SSSR count). The average Bonchev–Trinajstić information content (AvgIpc) is 3.27. The van der Waals surface area contributed by atoms with Gasteiger partial charge in [-0.25, -0.2) is 13.5 Å². The Bertz CT molecular complexity index is 1240. The molecule has 0 spiro atoms. The SMILES string of the molecule is C=C(C=CC(F)=CC)C1CCCCn2nc(Nc3ccc(-n4cnc(C)[n+]4C)c(F)c3)nc21. The van der Waals surface area contributed by atoms with Crippen LogP contribution in [-0.2, 0) is 13.6 Å². The summed E-state index contributed by atoms with van der Waals surface area (Å²) in [5.41, 5.74) is 1.73. The van der Waals surface area contributed by atoms with Crippen LogP contribution < -0.4 is 10.00 Å². The fourth-order valence-corrected chi connectivity index (χ4v) is 3.90. The highest BCUT2D eigenvalue weighted by Crippen LogP contribution is 2.32. The fourth-order valence-electron chi connectivity index (χ4n) is 3.90. The lowest BCUT2D eigenvalue weighted by Gasteiger charge is -2.13. The van der Waals surface area contributed by atoms with E-state index >= 15 is 0 Å². The number of rotatable bonds is 6. The normalized spacial score (nSPS) is 16.6. The predicted molar refractivity (Wildman–Crippen MR) is 122 cm³/mol. The van der Waals surface area contributed by atoms with Crippen molar-refractivity contribution in [1.82, 2.24) is 24.4 Å². The second-order valence-electron chi connectivity index (χ2n) is 8.10. The zero-order valence-electron chi connectivity index (χ0n) is 19.1. The van der Waals surface area contributed by atoms with Crippen molar-refractivity contribution in [2.75, 3.05) is 5.32 Å². The third kappa shape index (κ3) is 4.76. The van der Waals surface area contributed by atoms with E-state index in [0.29, 0.717) is 17.3 Å². The van der Waals surface area contributed by atoms with Gasteiger partial charge in [0.1, 0.15) is 24.4 Å². The van der Waals surface area contributed by atoms with Gasteiger partial charge in [-0.1, -0.05) is 25.2 Å². The molecule has 0 saturated carbocycles. The highest BCUT2D eigenvalue weighted by Gasteiger charge is 2.24. The van der Waals surface area contributed by atoms with Gasteiger partial charge in [0.05, 0.1) is 0 Å². The summed E-state index contributed by atoms with van der Waals surface area (Å²) in [6.45, 7) is 8.38. The van der Waals surface area contributed by atoms with Gasteiger partial charge in [-0.2, -0.15) is 9.67 Å². The van der Waals surface area contributed by atoms with Gasteiger partial charge >= 0.3 is 5.82 Å². The number of allylic oxidation sites excluding steroid dienone is 5. The van der Waals surface area contributed by atoms with Crippen LogP contribution in [0.25, 0.3) is 5.69 Å². The second kappa shape index (κ2) is 9.48. The first-order valence-corrected chi connectivity index (χ1v) is 11.0. The van der Waals surface area contributed by atoms with Crippen molar-refractivity contribution in [3.8, 4) is 5.69 Å². The molecule has 1 unspecified atom stereocenters. The average molecular weight is 453 g/mol. The van der Waals surface area contributed by atoms with Crippen LogP contribution in [0, 0.1) is 12.7 Å². The third-order valence-electron chi connectivity index (χ3n) is 5.90. The van der Waals surface area contributed by atoms with Crippen molar-refractivity contribution < 1.29 is 13.5 Å². The largest absolute Gasteiger partial charge is 0.323 e. The summed E-state index contributed by atoms with van der Waals surface area (Å²) in [7, 11) is 1.82. The van der Waals surface area contributed by atoms with Crippen molar-refractivity contribution in [1.29, 1.82) is 0 Å². The van der Waals surface area contributed by atoms with Crippen LogP contribution in [0.5, 0.6) is 0 Å². The van der Waals surface area contributed by atoms with Crippen LogP contribution in [0.2, 0.25) is 0 Å². The van der Waals surface area contributed by atoms with Gasteiger partial charge in [0.15, 0.2) is 5.82 Å². The number of nitrogens with one attached hydrogen (secondary N) is 1. The van der Waals surface area contributed by atoms with Gasteiger partial charge in [0, 0.05) is 25.1 Å². The molecule has 0 bridgehead atoms. The van der Waals surface area contributed by atoms with E-state index < -0.39 is 5.82 Å². The van der Waals surface area contributed by atoms with Crippen LogP contribution in [0.15, 0.2) is 60.7 Å². The maximum atomic E-state index is 14.9. The molecule has 1 aliphatic heterocycles. The topological polar surface area (TPSA) is 64.4 Å². The van der Waals surface area contributed by atoms with Crippen LogP contribution >= 0.6 is 0 Å². The van der Waals surface area contributed by atoms with E-state index in [-0.39, 0.29) is 11.7 Å². The van der Waals surface area contributed by atoms with Crippen LogP contribution in [0.3, 0.4) is 0 Å². The number of nitrogens with zero attached hydrogens (tertiary/aromatic N) is 6. The maximum Gasteiger partial charge on any atom is 0.315 e. The summed E-state index contributed by atoms with van der Waals surface area (Å²) >= 11 is 0. The first-order valence-electron chi connectivity index (χ1n) is 11.0. The minimum absolute atomic E-state index is 0.0555. The highest BCUT2D eigenvalue weighted by molar-refractivity contribution is 5.56. The number of halogens is 2. The predicted octanol–water partition coefficient (Wildman–Crippen LogP) is 4.73. The van der Waals surface area contributed by atoms with Crippen LogP contribution in [-0.4, -0.2) is 24.4 Å². The number of hydrogen-bond acceptors (Lipinski definition) is 4. The first kappa shape index (κ1) is 22.6. The molecular weight excluding hydrogens is 424 g/mol. The molecule has 1 atom stereocenters. The van der Waals surface area contributed by atoms with Gasteiger partial charge in [0.2, 0.25) is 12.3 Å². The molecule has 2 aromatic heterocycles. The molecule has 1 N–H and O–H groups in total. The monoisotopic (exact) mass is 452 g/mol. The van der Waals surface area contributed by atoms with Crippen molar-refractivity contribution in [2.45, 2.75) is 45.6 Å². The van der Waals surface area contributed by atoms with Gasteiger partial charge in [-0.15, -0.1) is 9.78 Å². The fraction of sp³-hybridized carbons (Fsp3) is 0.333. The number of anilines is 2. The maximum absolute atomic E-state index is 14.9. The Hall–Kier alpha value is -3.62. The van der Waals surface area contributed by atoms with Crippen molar-refractivity contribution in [2.24, 2.45) is 7.05 Å². The molecular formula is C24H28F2N7+. The highest BCUT2D eigenvalue weighted by atomic mass is 19.1. The smallest absolute Gasteiger partial charge is 0.315 e. The zero-order chi connectivity index (χ0) is 23.5. The van der Waals surface area contributed by atoms with Crippen molar-refractivity contribution in [3.05, 3.63) is 78.2 Å². The summed E-state index contributed by atoms with van der Waals surface area (Å²) in [6.07, 6.45) is 8.94. The molecule has 33 heavy (non-hydrogen) atoms. The summed E-state index contributed by atoms with van der Waals surface area (Å²) in [6, 6.07) is 4.87. The molecule has 3 aromatic rings. The van der Waals surface area contributed by atoms with Gasteiger partial charge < -0.3 is 5.32 Å². The van der Waals surface area contributed by atoms with E-state index in [0.717, 1.165) is 43.0 Å². The zero-order valence-corrected chi connectivity index (χ0v) is 19.1. The van der Waals surface area contributed by atoms with Gasteiger partial charge in [-0.05, 0) is 54.6 Å². The minimum atomic E-state index is -0.392. The lowest BCUT2D eigenvalue weighted by molar-refractivity contribution is -0.750. The van der Waals surface area contributed by atoms with Crippen LogP contribution in [0.4, 0.5) is 20.4 Å². The Morgan fingerprint density at radius 2 is 2.12 bits per heavy atom. The first-order chi connectivity index (χ1) is 15.9. The van der Waals surface area contributed by atoms with E-state index in [1.807, 2.05) is 18.7 Å². The molecule has 3 heterocycles. The Morgan fingerprint density at radius 1 is 1.30 bits per heavy atom. The Labute approximate surface area is 191 Å². The molecule has 172 valence electrons. The standard InChI is InChI=1S/C24H28F2N7/c1-5-18(25)10-9-16(2)20-8-6-7-13-32-23(20)29-24(30-32)28-19-11-12-22(21(26)14-19)33-15-27-17(3)31(33)4/h5,9-12,14-15,20H,2,6-8,13H2,1,3-4H3,(H,28,30)/q+1. The minimum Gasteiger partial charge on any atom is -0.323 e. The summed E-state index contributed by atoms with van der Waals surface area (Å²) in [4.78, 5) is 8.88. The number of benzene rings is 1. The molecule has 1 aromatic carbocycles. The number of aromatic nitrogens is 6. The Balaban J connectivity index is 1.57. The molecule has 1 aliphatic rings. The lowest BCUT2D eigenvalue weighted by atomic mass is 9.94. The number of hydrogen-bond donors (Lipinski definition) is 1.